The van der Waals surface area contributed by atoms with Crippen LogP contribution in [0, 0.1) is 27.2 Å². The second kappa shape index (κ2) is 8.42. The summed E-state index contributed by atoms with van der Waals surface area (Å²) in [6.07, 6.45) is -0.857. The molecule has 2 rings (SSSR count). The van der Waals surface area contributed by atoms with E-state index < -0.39 is 15.9 Å². The highest BCUT2D eigenvalue weighted by Crippen LogP contribution is 2.25. The number of nitrogens with one attached hydrogen (secondary N) is 1. The third-order valence-electron chi connectivity index (χ3n) is 3.22. The van der Waals surface area contributed by atoms with Crippen molar-refractivity contribution in [2.75, 3.05) is 18.5 Å². The minimum Gasteiger partial charge on any atom is -0.490 e. The van der Waals surface area contributed by atoms with Crippen LogP contribution in [0.25, 0.3) is 0 Å². The summed E-state index contributed by atoms with van der Waals surface area (Å²) in [4.78, 5) is 32.1. The van der Waals surface area contributed by atoms with Gasteiger partial charge in [-0.15, -0.1) is 0 Å². The third kappa shape index (κ3) is 5.16. The van der Waals surface area contributed by atoms with Crippen molar-refractivity contribution in [3.63, 3.8) is 0 Å². The molecule has 10 heteroatoms. The van der Waals surface area contributed by atoms with Crippen LogP contribution >= 0.6 is 0 Å². The van der Waals surface area contributed by atoms with E-state index in [9.17, 15) is 25.0 Å². The molecule has 0 atom stereocenters. The molecule has 0 saturated heterocycles. The van der Waals surface area contributed by atoms with Crippen molar-refractivity contribution < 1.29 is 24.1 Å². The van der Waals surface area contributed by atoms with Gasteiger partial charge in [0.25, 0.3) is 11.4 Å². The van der Waals surface area contributed by atoms with Crippen LogP contribution in [0.15, 0.2) is 42.5 Å². The van der Waals surface area contributed by atoms with Gasteiger partial charge in [0.15, 0.2) is 0 Å². The maximum Gasteiger partial charge on any atom is 0.411 e. The van der Waals surface area contributed by atoms with Crippen LogP contribution in [0.4, 0.5) is 21.9 Å². The number of rotatable bonds is 7. The van der Waals surface area contributed by atoms with E-state index in [1.54, 1.807) is 13.0 Å². The molecule has 0 aliphatic rings. The van der Waals surface area contributed by atoms with Gasteiger partial charge >= 0.3 is 6.09 Å². The number of nitro groups is 2. The summed E-state index contributed by atoms with van der Waals surface area (Å²) >= 11 is 0. The standard InChI is InChI=1S/C16H15N3O7/c1-11-2-7-14(15(10-11)19(23)24)17-16(20)26-9-8-25-13-5-3-12(4-6-13)18(21)22/h2-7,10H,8-9H2,1H3,(H,17,20). The Morgan fingerprint density at radius 3 is 2.35 bits per heavy atom. The van der Waals surface area contributed by atoms with Crippen molar-refractivity contribution in [3.05, 3.63) is 68.3 Å². The van der Waals surface area contributed by atoms with Crippen molar-refractivity contribution >= 4 is 23.2 Å². The lowest BCUT2D eigenvalue weighted by atomic mass is 10.2. The van der Waals surface area contributed by atoms with E-state index in [4.69, 9.17) is 9.47 Å². The summed E-state index contributed by atoms with van der Waals surface area (Å²) in [5.41, 5.74) is 0.422. The second-order valence-corrected chi connectivity index (χ2v) is 5.14. The monoisotopic (exact) mass is 361 g/mol. The Bertz CT molecular complexity index is 821. The minimum absolute atomic E-state index is 0.0151. The van der Waals surface area contributed by atoms with E-state index in [0.29, 0.717) is 11.3 Å². The number of nitro benzene ring substituents is 2. The van der Waals surface area contributed by atoms with Crippen molar-refractivity contribution in [1.29, 1.82) is 0 Å². The molecular formula is C16H15N3O7. The number of nitrogens with zero attached hydrogens (tertiary/aromatic N) is 2. The zero-order valence-corrected chi connectivity index (χ0v) is 13.7. The predicted octanol–water partition coefficient (Wildman–Crippen LogP) is 3.44. The van der Waals surface area contributed by atoms with E-state index >= 15 is 0 Å². The Balaban J connectivity index is 1.81. The number of amides is 1. The first-order valence-corrected chi connectivity index (χ1v) is 7.43. The molecule has 1 N–H and O–H groups in total. The number of non-ortho nitro benzene ring substituents is 1. The van der Waals surface area contributed by atoms with Crippen LogP contribution in [-0.2, 0) is 4.74 Å². The highest BCUT2D eigenvalue weighted by molar-refractivity contribution is 5.87. The molecule has 1 amide bonds. The number of anilines is 1. The van der Waals surface area contributed by atoms with Gasteiger partial charge in [-0.3, -0.25) is 25.5 Å². The van der Waals surface area contributed by atoms with Crippen LogP contribution in [-0.4, -0.2) is 29.2 Å². The van der Waals surface area contributed by atoms with Crippen LogP contribution in [0.5, 0.6) is 5.75 Å². The van der Waals surface area contributed by atoms with Crippen molar-refractivity contribution in [2.24, 2.45) is 0 Å². The average Bonchev–Trinajstić information content (AvgIpc) is 2.60. The molecule has 0 bridgehead atoms. The molecule has 26 heavy (non-hydrogen) atoms. The Kier molecular flexibility index (Phi) is 6.04. The summed E-state index contributed by atoms with van der Waals surface area (Å²) in [7, 11) is 0. The van der Waals surface area contributed by atoms with Gasteiger partial charge in [0.1, 0.15) is 24.7 Å². The van der Waals surface area contributed by atoms with Gasteiger partial charge in [0, 0.05) is 18.2 Å². The van der Waals surface area contributed by atoms with Crippen LogP contribution in [0.3, 0.4) is 0 Å². The molecule has 136 valence electrons. The van der Waals surface area contributed by atoms with Crippen LogP contribution < -0.4 is 10.1 Å². The highest BCUT2D eigenvalue weighted by atomic mass is 16.6. The number of aryl methyl sites for hydroxylation is 1. The van der Waals surface area contributed by atoms with E-state index in [1.165, 1.54) is 36.4 Å². The lowest BCUT2D eigenvalue weighted by Gasteiger charge is -2.09. The van der Waals surface area contributed by atoms with Gasteiger partial charge < -0.3 is 9.47 Å². The lowest BCUT2D eigenvalue weighted by Crippen LogP contribution is -2.18. The number of benzene rings is 2. The van der Waals surface area contributed by atoms with Gasteiger partial charge in [-0.1, -0.05) is 6.07 Å². The van der Waals surface area contributed by atoms with E-state index in [0.717, 1.165) is 0 Å². The molecule has 0 aromatic heterocycles. The molecule has 0 heterocycles. The fourth-order valence-electron chi connectivity index (χ4n) is 2.00. The largest absolute Gasteiger partial charge is 0.490 e. The Morgan fingerprint density at radius 1 is 1.04 bits per heavy atom. The van der Waals surface area contributed by atoms with Crippen molar-refractivity contribution in [3.8, 4) is 5.75 Å². The molecule has 0 spiro atoms. The fourth-order valence-corrected chi connectivity index (χ4v) is 2.00. The highest BCUT2D eigenvalue weighted by Gasteiger charge is 2.16. The quantitative estimate of drug-likeness (QED) is 0.453. The van der Waals surface area contributed by atoms with E-state index in [2.05, 4.69) is 5.32 Å². The van der Waals surface area contributed by atoms with E-state index in [1.807, 2.05) is 0 Å². The van der Waals surface area contributed by atoms with Gasteiger partial charge in [0.2, 0.25) is 0 Å². The molecule has 0 unspecified atom stereocenters. The maximum absolute atomic E-state index is 11.7. The van der Waals surface area contributed by atoms with Crippen LogP contribution in [0.1, 0.15) is 5.56 Å². The van der Waals surface area contributed by atoms with Crippen molar-refractivity contribution in [1.82, 2.24) is 0 Å². The zero-order valence-electron chi connectivity index (χ0n) is 13.7. The maximum atomic E-state index is 11.7. The molecule has 2 aromatic rings. The topological polar surface area (TPSA) is 134 Å². The van der Waals surface area contributed by atoms with Crippen molar-refractivity contribution in [2.45, 2.75) is 6.92 Å². The van der Waals surface area contributed by atoms with Gasteiger partial charge in [-0.2, -0.15) is 0 Å². The smallest absolute Gasteiger partial charge is 0.411 e. The first-order valence-electron chi connectivity index (χ1n) is 7.43. The Morgan fingerprint density at radius 2 is 1.73 bits per heavy atom. The number of carbonyl (C=O) groups is 1. The van der Waals surface area contributed by atoms with E-state index in [-0.39, 0.29) is 30.3 Å². The summed E-state index contributed by atoms with van der Waals surface area (Å²) in [6, 6.07) is 9.82. The molecule has 0 saturated carbocycles. The number of hydrogen-bond donors (Lipinski definition) is 1. The van der Waals surface area contributed by atoms with Gasteiger partial charge in [0.05, 0.1) is 9.85 Å². The summed E-state index contributed by atoms with van der Waals surface area (Å²) in [5, 5.41) is 23.8. The third-order valence-corrected chi connectivity index (χ3v) is 3.22. The average molecular weight is 361 g/mol. The first-order chi connectivity index (χ1) is 12.4. The predicted molar refractivity (Wildman–Crippen MR) is 91.4 cm³/mol. The molecular weight excluding hydrogens is 346 g/mol. The SMILES string of the molecule is Cc1ccc(NC(=O)OCCOc2ccc([N+](=O)[O-])cc2)c([N+](=O)[O-])c1. The normalized spacial score (nSPS) is 10.0. The summed E-state index contributed by atoms with van der Waals surface area (Å²) < 4.78 is 10.2. The van der Waals surface area contributed by atoms with Gasteiger partial charge in [-0.25, -0.2) is 4.79 Å². The number of ether oxygens (including phenoxy) is 2. The lowest BCUT2D eigenvalue weighted by molar-refractivity contribution is -0.384. The Hall–Kier alpha value is -3.69. The first kappa shape index (κ1) is 18.6. The van der Waals surface area contributed by atoms with Gasteiger partial charge in [-0.05, 0) is 30.7 Å². The Labute approximate surface area is 147 Å². The molecule has 0 fully saturated rings. The summed E-state index contributed by atoms with van der Waals surface area (Å²) in [6.45, 7) is 1.61. The molecule has 10 nitrogen and oxygen atoms in total. The molecule has 0 aliphatic carbocycles. The summed E-state index contributed by atoms with van der Waals surface area (Å²) in [5.74, 6) is 0.383. The molecule has 0 aliphatic heterocycles. The zero-order chi connectivity index (χ0) is 19.1. The van der Waals surface area contributed by atoms with Crippen LogP contribution in [0.2, 0.25) is 0 Å². The number of carbonyl (C=O) groups excluding carboxylic acids is 1. The fraction of sp³-hybridized carbons (Fsp3) is 0.188. The molecule has 2 aromatic carbocycles. The minimum atomic E-state index is -0.857. The second-order valence-electron chi connectivity index (χ2n) is 5.14. The number of hydrogen-bond acceptors (Lipinski definition) is 7. The molecule has 0 radical (unpaired) electrons.